The predicted octanol–water partition coefficient (Wildman–Crippen LogP) is 3.14. The molecular weight excluding hydrogens is 296 g/mol. The lowest BCUT2D eigenvalue weighted by molar-refractivity contribution is 0.438. The minimum atomic E-state index is -0.873. The molecule has 0 bridgehead atoms. The van der Waals surface area contributed by atoms with Crippen LogP contribution in [0.4, 0.5) is 0 Å². The normalized spacial score (nSPS) is 18.2. The summed E-state index contributed by atoms with van der Waals surface area (Å²) in [4.78, 5) is 12.4. The lowest BCUT2D eigenvalue weighted by Gasteiger charge is -2.19. The smallest absolute Gasteiger partial charge is 0.156 e. The third kappa shape index (κ3) is 2.35. The van der Waals surface area contributed by atoms with Crippen molar-refractivity contribution in [2.75, 3.05) is 6.26 Å². The topological polar surface area (TPSA) is 63.0 Å². The quantitative estimate of drug-likeness (QED) is 0.807. The van der Waals surface area contributed by atoms with Gasteiger partial charge in [-0.25, -0.2) is 9.97 Å². The van der Waals surface area contributed by atoms with Gasteiger partial charge in [0.1, 0.15) is 0 Å². The van der Waals surface area contributed by atoms with Crippen molar-refractivity contribution in [3.8, 4) is 0 Å². The van der Waals surface area contributed by atoms with E-state index >= 15 is 0 Å². The number of hydrogen-bond acceptors (Lipinski definition) is 3. The van der Waals surface area contributed by atoms with E-state index in [2.05, 4.69) is 20.6 Å². The van der Waals surface area contributed by atoms with Crippen molar-refractivity contribution >= 4 is 27.6 Å². The third-order valence-corrected chi connectivity index (χ3v) is 5.31. The van der Waals surface area contributed by atoms with Crippen molar-refractivity contribution in [3.05, 3.63) is 29.8 Å². The highest BCUT2D eigenvalue weighted by Crippen LogP contribution is 2.32. The van der Waals surface area contributed by atoms with E-state index in [0.29, 0.717) is 11.7 Å². The van der Waals surface area contributed by atoms with Crippen LogP contribution >= 0.6 is 0 Å². The van der Waals surface area contributed by atoms with Gasteiger partial charge in [0.25, 0.3) is 0 Å². The number of imidazole rings is 1. The summed E-state index contributed by atoms with van der Waals surface area (Å²) in [5.41, 5.74) is 4.96. The Bertz CT molecular complexity index is 844. The standard InChI is InChI=1S/C16H20N4OS/c1-22(21)10-12-7-17-16-15(12)20-9-13(19-14(20)8-18-16)11-5-3-2-4-6-11/h7-9,11,17H,2-6,10H2,1H3. The van der Waals surface area contributed by atoms with E-state index < -0.39 is 10.8 Å². The van der Waals surface area contributed by atoms with Gasteiger partial charge in [-0.05, 0) is 12.8 Å². The molecule has 1 saturated carbocycles. The van der Waals surface area contributed by atoms with E-state index in [-0.39, 0.29) is 0 Å². The largest absolute Gasteiger partial charge is 0.345 e. The van der Waals surface area contributed by atoms with Crippen LogP contribution in [0.25, 0.3) is 16.8 Å². The zero-order chi connectivity index (χ0) is 15.1. The Morgan fingerprint density at radius 1 is 1.36 bits per heavy atom. The molecule has 1 N–H and O–H groups in total. The van der Waals surface area contributed by atoms with E-state index in [0.717, 1.165) is 22.4 Å². The van der Waals surface area contributed by atoms with Gasteiger partial charge >= 0.3 is 0 Å². The molecular formula is C16H20N4OS. The number of aromatic nitrogens is 4. The van der Waals surface area contributed by atoms with Crippen LogP contribution in [-0.4, -0.2) is 29.8 Å². The molecule has 0 amide bonds. The van der Waals surface area contributed by atoms with E-state index in [9.17, 15) is 4.21 Å². The number of rotatable bonds is 3. The second-order valence-corrected chi connectivity index (χ2v) is 7.65. The van der Waals surface area contributed by atoms with Crippen LogP contribution in [-0.2, 0) is 16.6 Å². The van der Waals surface area contributed by atoms with Crippen LogP contribution in [0, 0.1) is 0 Å². The van der Waals surface area contributed by atoms with Gasteiger partial charge < -0.3 is 4.98 Å². The maximum atomic E-state index is 11.6. The zero-order valence-electron chi connectivity index (χ0n) is 12.7. The SMILES string of the molecule is CS(=O)Cc1c[nH]c2ncc3nc(C4CCCCC4)cn3c12. The summed E-state index contributed by atoms with van der Waals surface area (Å²) in [7, 11) is -0.873. The first-order valence-electron chi connectivity index (χ1n) is 7.86. The van der Waals surface area contributed by atoms with Crippen molar-refractivity contribution in [3.63, 3.8) is 0 Å². The van der Waals surface area contributed by atoms with Gasteiger partial charge in [0.05, 0.1) is 23.2 Å². The molecule has 1 atom stereocenters. The van der Waals surface area contributed by atoms with Gasteiger partial charge in [0.15, 0.2) is 11.3 Å². The third-order valence-electron chi connectivity index (χ3n) is 4.60. The molecule has 3 aromatic rings. The Hall–Kier alpha value is -1.69. The van der Waals surface area contributed by atoms with Crippen LogP contribution in [0.3, 0.4) is 0 Å². The summed E-state index contributed by atoms with van der Waals surface area (Å²) in [5.74, 6) is 1.11. The molecule has 0 saturated heterocycles. The van der Waals surface area contributed by atoms with E-state index in [1.54, 1.807) is 6.26 Å². The summed E-state index contributed by atoms with van der Waals surface area (Å²) in [5, 5.41) is 0. The molecule has 1 aliphatic rings. The molecule has 3 aromatic heterocycles. The van der Waals surface area contributed by atoms with Gasteiger partial charge in [-0.15, -0.1) is 0 Å². The van der Waals surface area contributed by atoms with Gasteiger partial charge in [-0.3, -0.25) is 8.61 Å². The van der Waals surface area contributed by atoms with Gasteiger partial charge in [-0.2, -0.15) is 0 Å². The Morgan fingerprint density at radius 2 is 2.18 bits per heavy atom. The van der Waals surface area contributed by atoms with Crippen molar-refractivity contribution in [2.45, 2.75) is 43.8 Å². The maximum Gasteiger partial charge on any atom is 0.156 e. The molecule has 3 heterocycles. The zero-order valence-corrected chi connectivity index (χ0v) is 13.5. The van der Waals surface area contributed by atoms with Crippen molar-refractivity contribution in [1.29, 1.82) is 0 Å². The fourth-order valence-electron chi connectivity index (χ4n) is 3.54. The van der Waals surface area contributed by atoms with E-state index in [1.807, 2.05) is 12.4 Å². The Labute approximate surface area is 131 Å². The lowest BCUT2D eigenvalue weighted by Crippen LogP contribution is -2.04. The minimum absolute atomic E-state index is 0.539. The average Bonchev–Trinajstić information content (AvgIpc) is 3.11. The molecule has 22 heavy (non-hydrogen) atoms. The second-order valence-electron chi connectivity index (χ2n) is 6.22. The first-order chi connectivity index (χ1) is 10.7. The summed E-state index contributed by atoms with van der Waals surface area (Å²) in [6.45, 7) is 0. The number of aromatic amines is 1. The summed E-state index contributed by atoms with van der Waals surface area (Å²) >= 11 is 0. The van der Waals surface area contributed by atoms with Gasteiger partial charge in [-0.1, -0.05) is 19.3 Å². The number of fused-ring (bicyclic) bond motifs is 3. The average molecular weight is 316 g/mol. The van der Waals surface area contributed by atoms with Crippen LogP contribution in [0.5, 0.6) is 0 Å². The van der Waals surface area contributed by atoms with Crippen LogP contribution < -0.4 is 0 Å². The Balaban J connectivity index is 1.85. The fraction of sp³-hybridized carbons (Fsp3) is 0.500. The molecule has 0 aliphatic heterocycles. The first kappa shape index (κ1) is 13.9. The molecule has 4 rings (SSSR count). The number of nitrogens with one attached hydrogen (secondary N) is 1. The molecule has 1 unspecified atom stereocenters. The highest BCUT2D eigenvalue weighted by Gasteiger charge is 2.20. The minimum Gasteiger partial charge on any atom is -0.345 e. The summed E-state index contributed by atoms with van der Waals surface area (Å²) in [6.07, 6.45) is 14.0. The van der Waals surface area contributed by atoms with Gasteiger partial charge in [0.2, 0.25) is 0 Å². The molecule has 6 heteroatoms. The van der Waals surface area contributed by atoms with Crippen molar-refractivity contribution < 1.29 is 4.21 Å². The van der Waals surface area contributed by atoms with Crippen molar-refractivity contribution in [1.82, 2.24) is 19.4 Å². The first-order valence-corrected chi connectivity index (χ1v) is 9.59. The molecule has 5 nitrogen and oxygen atoms in total. The van der Waals surface area contributed by atoms with Crippen LogP contribution in [0.15, 0.2) is 18.6 Å². The number of hydrogen-bond donors (Lipinski definition) is 1. The predicted molar refractivity (Wildman–Crippen MR) is 88.4 cm³/mol. The highest BCUT2D eigenvalue weighted by molar-refractivity contribution is 7.83. The van der Waals surface area contributed by atoms with Crippen LogP contribution in [0.2, 0.25) is 0 Å². The molecule has 0 spiro atoms. The van der Waals surface area contributed by atoms with E-state index in [4.69, 9.17) is 4.98 Å². The monoisotopic (exact) mass is 316 g/mol. The molecule has 0 radical (unpaired) electrons. The molecule has 116 valence electrons. The molecule has 1 fully saturated rings. The second kappa shape index (κ2) is 5.50. The fourth-order valence-corrected chi connectivity index (χ4v) is 4.20. The number of H-pyrrole nitrogens is 1. The molecule has 1 aliphatic carbocycles. The summed E-state index contributed by atoms with van der Waals surface area (Å²) in [6, 6.07) is 0. The summed E-state index contributed by atoms with van der Waals surface area (Å²) < 4.78 is 13.7. The highest BCUT2D eigenvalue weighted by atomic mass is 32.2. The van der Waals surface area contributed by atoms with E-state index in [1.165, 1.54) is 37.8 Å². The van der Waals surface area contributed by atoms with Gasteiger partial charge in [0, 0.05) is 40.9 Å². The lowest BCUT2D eigenvalue weighted by atomic mass is 9.87. The maximum absolute atomic E-state index is 11.6. The molecule has 0 aromatic carbocycles. The van der Waals surface area contributed by atoms with Crippen LogP contribution in [0.1, 0.15) is 49.3 Å². The van der Waals surface area contributed by atoms with Crippen molar-refractivity contribution in [2.24, 2.45) is 0 Å². The number of nitrogens with zero attached hydrogens (tertiary/aromatic N) is 3. The Kier molecular flexibility index (Phi) is 3.48. The Morgan fingerprint density at radius 3 is 2.95 bits per heavy atom.